The van der Waals surface area contributed by atoms with Crippen molar-refractivity contribution in [2.45, 2.75) is 38.8 Å². The van der Waals surface area contributed by atoms with Gasteiger partial charge in [0, 0.05) is 9.52 Å². The molecule has 0 rings (SSSR count). The van der Waals surface area contributed by atoms with Crippen molar-refractivity contribution in [3.8, 4) is 0 Å². The predicted molar refractivity (Wildman–Crippen MR) is 47.9 cm³/mol. The van der Waals surface area contributed by atoms with Crippen LogP contribution in [0, 0.1) is 0 Å². The van der Waals surface area contributed by atoms with Crippen molar-refractivity contribution in [2.75, 3.05) is 0 Å². The van der Waals surface area contributed by atoms with Gasteiger partial charge in [-0.15, -0.1) is 0 Å². The molecule has 0 nitrogen and oxygen atoms in total. The summed E-state index contributed by atoms with van der Waals surface area (Å²) in [7, 11) is 0.303. The van der Waals surface area contributed by atoms with Gasteiger partial charge in [-0.05, 0) is 13.0 Å². The lowest BCUT2D eigenvalue weighted by molar-refractivity contribution is 0.878. The quantitative estimate of drug-likeness (QED) is 0.314. The van der Waals surface area contributed by atoms with Gasteiger partial charge in [0.25, 0.3) is 0 Å². The second-order valence-corrected chi connectivity index (χ2v) is 4.41. The molecule has 0 atom stereocenters. The Hall–Kier alpha value is -0.0431. The van der Waals surface area contributed by atoms with Gasteiger partial charge >= 0.3 is 0 Å². The minimum atomic E-state index is 0.303. The third kappa shape index (κ3) is 7.96. The van der Waals surface area contributed by atoms with Crippen molar-refractivity contribution >= 4 is 9.52 Å². The topological polar surface area (TPSA) is 0 Å². The second-order valence-electron chi connectivity index (χ2n) is 2.42. The van der Waals surface area contributed by atoms with E-state index in [0.717, 1.165) is 0 Å². The standard InChI is InChI=1S/C8H18Si/c1-3-5-7-9-8-6-4-2/h3,5H,4,6-9H2,1-2H3/b5-3+. The van der Waals surface area contributed by atoms with Gasteiger partial charge in [0.15, 0.2) is 0 Å². The van der Waals surface area contributed by atoms with E-state index in [-0.39, 0.29) is 0 Å². The summed E-state index contributed by atoms with van der Waals surface area (Å²) in [5.74, 6) is 0. The Labute approximate surface area is 61.2 Å². The number of rotatable bonds is 5. The minimum Gasteiger partial charge on any atom is -0.0920 e. The summed E-state index contributed by atoms with van der Waals surface area (Å²) in [5, 5.41) is 0. The molecule has 0 amide bonds. The van der Waals surface area contributed by atoms with Gasteiger partial charge in [-0.3, -0.25) is 0 Å². The minimum absolute atomic E-state index is 0.303. The second kappa shape index (κ2) is 7.96. The van der Waals surface area contributed by atoms with Crippen LogP contribution in [0.15, 0.2) is 12.2 Å². The highest BCUT2D eigenvalue weighted by molar-refractivity contribution is 6.36. The van der Waals surface area contributed by atoms with Crippen molar-refractivity contribution in [1.29, 1.82) is 0 Å². The Kier molecular flexibility index (Phi) is 7.92. The monoisotopic (exact) mass is 142 g/mol. The molecule has 54 valence electrons. The van der Waals surface area contributed by atoms with Gasteiger partial charge in [0.2, 0.25) is 0 Å². The summed E-state index contributed by atoms with van der Waals surface area (Å²) in [6.45, 7) is 4.37. The lowest BCUT2D eigenvalue weighted by atomic mass is 10.4. The highest BCUT2D eigenvalue weighted by atomic mass is 28.2. The highest BCUT2D eigenvalue weighted by Gasteiger charge is 1.83. The molecule has 0 N–H and O–H groups in total. The maximum Gasteiger partial charge on any atom is 0.0240 e. The van der Waals surface area contributed by atoms with Gasteiger partial charge < -0.3 is 0 Å². The fraction of sp³-hybridized carbons (Fsp3) is 0.750. The van der Waals surface area contributed by atoms with Crippen LogP contribution in [-0.4, -0.2) is 9.52 Å². The molecular weight excluding hydrogens is 124 g/mol. The van der Waals surface area contributed by atoms with Crippen LogP contribution < -0.4 is 0 Å². The molecule has 0 unspecified atom stereocenters. The first-order valence-electron chi connectivity index (χ1n) is 4.03. The highest BCUT2D eigenvalue weighted by Crippen LogP contribution is 1.95. The number of hydrogen-bond acceptors (Lipinski definition) is 0. The lowest BCUT2D eigenvalue weighted by Crippen LogP contribution is -1.84. The van der Waals surface area contributed by atoms with Crippen molar-refractivity contribution < 1.29 is 0 Å². The first-order valence-corrected chi connectivity index (χ1v) is 6.03. The van der Waals surface area contributed by atoms with E-state index in [1.807, 2.05) is 0 Å². The molecule has 0 aromatic rings. The average Bonchev–Trinajstić information content (AvgIpc) is 1.89. The van der Waals surface area contributed by atoms with Crippen LogP contribution in [0.1, 0.15) is 26.7 Å². The zero-order chi connectivity index (χ0) is 6.95. The van der Waals surface area contributed by atoms with Crippen LogP contribution in [0.2, 0.25) is 12.1 Å². The largest absolute Gasteiger partial charge is 0.0920 e. The number of allylic oxidation sites excluding steroid dienone is 2. The number of hydrogen-bond donors (Lipinski definition) is 0. The molecule has 0 aromatic carbocycles. The lowest BCUT2D eigenvalue weighted by Gasteiger charge is -1.91. The normalized spacial score (nSPS) is 12.2. The van der Waals surface area contributed by atoms with Gasteiger partial charge in [0.1, 0.15) is 0 Å². The molecule has 0 saturated heterocycles. The van der Waals surface area contributed by atoms with Crippen LogP contribution in [0.3, 0.4) is 0 Å². The fourth-order valence-corrected chi connectivity index (χ4v) is 2.57. The first-order chi connectivity index (χ1) is 4.41. The zero-order valence-electron chi connectivity index (χ0n) is 6.69. The summed E-state index contributed by atoms with van der Waals surface area (Å²) < 4.78 is 0. The summed E-state index contributed by atoms with van der Waals surface area (Å²) in [4.78, 5) is 0. The van der Waals surface area contributed by atoms with Crippen LogP contribution in [0.5, 0.6) is 0 Å². The molecule has 0 spiro atoms. The molecule has 9 heavy (non-hydrogen) atoms. The van der Waals surface area contributed by atoms with Crippen molar-refractivity contribution in [3.05, 3.63) is 12.2 Å². The molecule has 0 bridgehead atoms. The maximum atomic E-state index is 2.31. The maximum absolute atomic E-state index is 2.31. The van der Waals surface area contributed by atoms with Crippen molar-refractivity contribution in [2.24, 2.45) is 0 Å². The average molecular weight is 142 g/mol. The fourth-order valence-electron chi connectivity index (χ4n) is 0.856. The Bertz CT molecular complexity index is 67.0. The molecule has 0 heterocycles. The number of unbranched alkanes of at least 4 members (excludes halogenated alkanes) is 1. The molecule has 0 aliphatic rings. The molecule has 0 aliphatic heterocycles. The Balaban J connectivity index is 2.75. The van der Waals surface area contributed by atoms with E-state index < -0.39 is 0 Å². The van der Waals surface area contributed by atoms with E-state index in [4.69, 9.17) is 0 Å². The smallest absolute Gasteiger partial charge is 0.0240 e. The summed E-state index contributed by atoms with van der Waals surface area (Å²) in [6.07, 6.45) is 7.31. The molecule has 0 aromatic heterocycles. The summed E-state index contributed by atoms with van der Waals surface area (Å²) >= 11 is 0. The van der Waals surface area contributed by atoms with Gasteiger partial charge in [0.05, 0.1) is 0 Å². The van der Waals surface area contributed by atoms with E-state index in [2.05, 4.69) is 26.0 Å². The molecule has 0 saturated carbocycles. The molecule has 1 heteroatoms. The molecule has 0 aliphatic carbocycles. The Morgan fingerprint density at radius 3 is 2.78 bits per heavy atom. The van der Waals surface area contributed by atoms with E-state index in [9.17, 15) is 0 Å². The molecule has 0 fully saturated rings. The van der Waals surface area contributed by atoms with E-state index in [1.165, 1.54) is 18.9 Å². The van der Waals surface area contributed by atoms with E-state index in [1.54, 1.807) is 6.04 Å². The first kappa shape index (κ1) is 8.96. The van der Waals surface area contributed by atoms with Crippen LogP contribution >= 0.6 is 0 Å². The third-order valence-corrected chi connectivity index (χ3v) is 3.20. The predicted octanol–water partition coefficient (Wildman–Crippen LogP) is 2.37. The van der Waals surface area contributed by atoms with Crippen molar-refractivity contribution in [1.82, 2.24) is 0 Å². The Morgan fingerprint density at radius 1 is 1.44 bits per heavy atom. The van der Waals surface area contributed by atoms with E-state index in [0.29, 0.717) is 9.52 Å². The zero-order valence-corrected chi connectivity index (χ0v) is 8.10. The molecular formula is C8H18Si. The van der Waals surface area contributed by atoms with Gasteiger partial charge in [-0.1, -0.05) is 38.0 Å². The summed E-state index contributed by atoms with van der Waals surface area (Å²) in [5.41, 5.74) is 0. The Morgan fingerprint density at radius 2 is 2.22 bits per heavy atom. The van der Waals surface area contributed by atoms with Crippen LogP contribution in [0.25, 0.3) is 0 Å². The van der Waals surface area contributed by atoms with Crippen molar-refractivity contribution in [3.63, 3.8) is 0 Å². The van der Waals surface area contributed by atoms with E-state index >= 15 is 0 Å². The summed E-state index contributed by atoms with van der Waals surface area (Å²) in [6, 6.07) is 2.96. The third-order valence-electron chi connectivity index (χ3n) is 1.46. The van der Waals surface area contributed by atoms with Gasteiger partial charge in [-0.25, -0.2) is 0 Å². The van der Waals surface area contributed by atoms with Gasteiger partial charge in [-0.2, -0.15) is 0 Å². The van der Waals surface area contributed by atoms with Crippen LogP contribution in [0.4, 0.5) is 0 Å². The SMILES string of the molecule is C/C=C/C[SiH2]CCCC. The molecule has 0 radical (unpaired) electrons. The van der Waals surface area contributed by atoms with Crippen LogP contribution in [-0.2, 0) is 0 Å².